The second-order valence-electron chi connectivity index (χ2n) is 10.8. The van der Waals surface area contributed by atoms with Crippen LogP contribution in [0.15, 0.2) is 72.8 Å². The zero-order valence-corrected chi connectivity index (χ0v) is 26.8. The summed E-state index contributed by atoms with van der Waals surface area (Å²) in [7, 11) is 1.32. The molecule has 0 spiro atoms. The second kappa shape index (κ2) is 18.5. The highest BCUT2D eigenvalue weighted by Gasteiger charge is 2.27. The third-order valence-corrected chi connectivity index (χ3v) is 7.79. The highest BCUT2D eigenvalue weighted by molar-refractivity contribution is 6.00. The van der Waals surface area contributed by atoms with Crippen LogP contribution in [0.25, 0.3) is 0 Å². The Kier molecular flexibility index (Phi) is 14.5. The first-order valence-corrected chi connectivity index (χ1v) is 15.9. The van der Waals surface area contributed by atoms with Crippen molar-refractivity contribution in [3.05, 3.63) is 95.1 Å². The lowest BCUT2D eigenvalue weighted by Crippen LogP contribution is -2.40. The number of ether oxygens (including phenoxy) is 3. The number of hydrogen-bond donors (Lipinski definition) is 1. The summed E-state index contributed by atoms with van der Waals surface area (Å²) in [6.07, 6.45) is 6.33. The summed E-state index contributed by atoms with van der Waals surface area (Å²) < 4.78 is 16.9. The van der Waals surface area contributed by atoms with Gasteiger partial charge in [-0.25, -0.2) is 4.79 Å². The lowest BCUT2D eigenvalue weighted by atomic mass is 9.92. The van der Waals surface area contributed by atoms with Crippen LogP contribution < -0.4 is 9.47 Å². The summed E-state index contributed by atoms with van der Waals surface area (Å²) in [6.45, 7) is 8.12. The van der Waals surface area contributed by atoms with Crippen LogP contribution in [0.3, 0.4) is 0 Å². The number of carbonyl (C=O) groups is 2. The number of unbranched alkanes of at least 4 members (excludes halogenated alkanes) is 1. The van der Waals surface area contributed by atoms with E-state index in [0.29, 0.717) is 48.9 Å². The maximum Gasteiger partial charge on any atom is 0.337 e. The molecule has 0 unspecified atom stereocenters. The van der Waals surface area contributed by atoms with Crippen molar-refractivity contribution in [3.63, 3.8) is 0 Å². The molecule has 3 aromatic rings. The molecule has 7 heteroatoms. The van der Waals surface area contributed by atoms with Crippen LogP contribution in [-0.2, 0) is 17.6 Å². The van der Waals surface area contributed by atoms with Gasteiger partial charge >= 0.3 is 5.97 Å². The van der Waals surface area contributed by atoms with Crippen molar-refractivity contribution in [1.29, 1.82) is 5.41 Å². The summed E-state index contributed by atoms with van der Waals surface area (Å²) in [5, 5.41) is 7.91. The minimum atomic E-state index is -0.492. The minimum absolute atomic E-state index is 0.160. The molecule has 236 valence electrons. The van der Waals surface area contributed by atoms with Crippen LogP contribution in [0.1, 0.15) is 84.7 Å². The van der Waals surface area contributed by atoms with Gasteiger partial charge in [0, 0.05) is 18.8 Å². The van der Waals surface area contributed by atoms with E-state index in [9.17, 15) is 9.59 Å². The van der Waals surface area contributed by atoms with Gasteiger partial charge in [-0.3, -0.25) is 4.79 Å². The normalized spacial score (nSPS) is 13.0. The number of nitrogens with zero attached hydrogens (tertiary/aromatic N) is 1. The lowest BCUT2D eigenvalue weighted by molar-refractivity contribution is 0.0600. The van der Waals surface area contributed by atoms with E-state index < -0.39 is 5.97 Å². The number of hydrogen-bond acceptors (Lipinski definition) is 6. The highest BCUT2D eigenvalue weighted by atomic mass is 16.5. The van der Waals surface area contributed by atoms with Gasteiger partial charge < -0.3 is 24.5 Å². The molecule has 0 aliphatic carbocycles. The first kappa shape index (κ1) is 34.4. The van der Waals surface area contributed by atoms with Crippen molar-refractivity contribution in [2.24, 2.45) is 5.92 Å². The number of esters is 1. The Labute approximate surface area is 263 Å². The van der Waals surface area contributed by atoms with Crippen LogP contribution in [0.2, 0.25) is 0 Å². The third kappa shape index (κ3) is 10.5. The van der Waals surface area contributed by atoms with E-state index in [1.807, 2.05) is 39.0 Å². The molecule has 3 aromatic carbocycles. The summed E-state index contributed by atoms with van der Waals surface area (Å²) in [6, 6.07) is 23.6. The third-order valence-electron chi connectivity index (χ3n) is 7.79. The number of rotatable bonds is 14. The molecular formula is C37H48N2O5. The zero-order chi connectivity index (χ0) is 31.7. The quantitative estimate of drug-likeness (QED) is 0.116. The number of piperidine rings is 1. The smallest absolute Gasteiger partial charge is 0.337 e. The largest absolute Gasteiger partial charge is 0.494 e. The van der Waals surface area contributed by atoms with Crippen LogP contribution in [0, 0.1) is 11.3 Å². The van der Waals surface area contributed by atoms with Gasteiger partial charge in [0.2, 0.25) is 0 Å². The summed E-state index contributed by atoms with van der Waals surface area (Å²) in [4.78, 5) is 27.4. The number of nitrogens with one attached hydrogen (secondary N) is 1. The maximum absolute atomic E-state index is 13.5. The molecule has 1 aliphatic rings. The molecule has 1 saturated heterocycles. The Hall–Kier alpha value is -4.13. The molecule has 7 nitrogen and oxygen atoms in total. The molecule has 1 heterocycles. The van der Waals surface area contributed by atoms with Gasteiger partial charge in [-0.05, 0) is 99.2 Å². The minimum Gasteiger partial charge on any atom is -0.494 e. The first-order valence-electron chi connectivity index (χ1n) is 15.9. The molecule has 0 bridgehead atoms. The van der Waals surface area contributed by atoms with Crippen molar-refractivity contribution in [3.8, 4) is 11.5 Å². The van der Waals surface area contributed by atoms with E-state index >= 15 is 0 Å². The SMILES string of the molecule is CC.COC(=O)c1ccc(OCCCc2ccc(OCCCCc3ccccc3)cc2)c(C(=O)N2CCC(C(C)=N)CC2)c1. The fraction of sp³-hybridized carbons (Fsp3) is 0.432. The summed E-state index contributed by atoms with van der Waals surface area (Å²) >= 11 is 0. The van der Waals surface area contributed by atoms with Crippen molar-refractivity contribution in [2.45, 2.75) is 65.7 Å². The molecule has 1 amide bonds. The molecule has 0 saturated carbocycles. The molecular weight excluding hydrogens is 552 g/mol. The van der Waals surface area contributed by atoms with Gasteiger partial charge in [0.1, 0.15) is 11.5 Å². The summed E-state index contributed by atoms with van der Waals surface area (Å²) in [5.74, 6) is 0.912. The maximum atomic E-state index is 13.5. The predicted molar refractivity (Wildman–Crippen MR) is 176 cm³/mol. The van der Waals surface area contributed by atoms with E-state index in [0.717, 1.165) is 50.7 Å². The zero-order valence-electron chi connectivity index (χ0n) is 26.8. The van der Waals surface area contributed by atoms with Gasteiger partial charge in [0.05, 0.1) is 31.5 Å². The highest BCUT2D eigenvalue weighted by Crippen LogP contribution is 2.26. The van der Waals surface area contributed by atoms with Crippen molar-refractivity contribution >= 4 is 17.6 Å². The Balaban J connectivity index is 0.00000259. The van der Waals surface area contributed by atoms with E-state index in [-0.39, 0.29) is 11.8 Å². The Bertz CT molecular complexity index is 1320. The van der Waals surface area contributed by atoms with Crippen LogP contribution in [-0.4, -0.2) is 55.9 Å². The van der Waals surface area contributed by atoms with E-state index in [2.05, 4.69) is 36.4 Å². The molecule has 1 N–H and O–H groups in total. The molecule has 0 aromatic heterocycles. The molecule has 1 fully saturated rings. The van der Waals surface area contributed by atoms with E-state index in [1.54, 1.807) is 23.1 Å². The van der Waals surface area contributed by atoms with Gasteiger partial charge in [0.15, 0.2) is 0 Å². The number of likely N-dealkylation sites (tertiary alicyclic amines) is 1. The van der Waals surface area contributed by atoms with Crippen molar-refractivity contribution < 1.29 is 23.8 Å². The average molecular weight is 601 g/mol. The Morgan fingerprint density at radius 1 is 0.818 bits per heavy atom. The number of aryl methyl sites for hydroxylation is 2. The van der Waals surface area contributed by atoms with Crippen LogP contribution in [0.5, 0.6) is 11.5 Å². The molecule has 0 atom stereocenters. The van der Waals surface area contributed by atoms with Crippen LogP contribution in [0.4, 0.5) is 0 Å². The standard InChI is InChI=1S/C35H42N2O5.C2H6/c1-26(36)29-19-21-37(22-20-29)34(38)32-25-30(35(39)40-2)15-18-33(32)42-24-8-12-28-13-16-31(17-14-28)41-23-7-6-11-27-9-4-3-5-10-27;1-2/h3-5,9-10,13-18,25,29,36H,6-8,11-12,19-24H2,1-2H3;1-2H3. The van der Waals surface area contributed by atoms with Gasteiger partial charge in [0.25, 0.3) is 5.91 Å². The number of benzene rings is 3. The van der Waals surface area contributed by atoms with Crippen molar-refractivity contribution in [1.82, 2.24) is 4.90 Å². The topological polar surface area (TPSA) is 88.9 Å². The van der Waals surface area contributed by atoms with Gasteiger partial charge in [-0.2, -0.15) is 0 Å². The second-order valence-corrected chi connectivity index (χ2v) is 10.8. The molecule has 4 rings (SSSR count). The van der Waals surface area contributed by atoms with Crippen LogP contribution >= 0.6 is 0 Å². The number of carbonyl (C=O) groups excluding carboxylic acids is 2. The van der Waals surface area contributed by atoms with Gasteiger partial charge in [-0.1, -0.05) is 56.3 Å². The fourth-order valence-electron chi connectivity index (χ4n) is 5.23. The Morgan fingerprint density at radius 3 is 2.11 bits per heavy atom. The Morgan fingerprint density at radius 2 is 1.45 bits per heavy atom. The first-order chi connectivity index (χ1) is 21.4. The van der Waals surface area contributed by atoms with Crippen molar-refractivity contribution in [2.75, 3.05) is 33.4 Å². The molecule has 0 radical (unpaired) electrons. The monoisotopic (exact) mass is 600 g/mol. The molecule has 1 aliphatic heterocycles. The lowest BCUT2D eigenvalue weighted by Gasteiger charge is -2.32. The number of amides is 1. The van der Waals surface area contributed by atoms with E-state index in [4.69, 9.17) is 19.6 Å². The van der Waals surface area contributed by atoms with Gasteiger partial charge in [-0.15, -0.1) is 0 Å². The molecule has 44 heavy (non-hydrogen) atoms. The van der Waals surface area contributed by atoms with E-state index in [1.165, 1.54) is 18.2 Å². The fourth-order valence-corrected chi connectivity index (χ4v) is 5.23. The number of methoxy groups -OCH3 is 1. The summed E-state index contributed by atoms with van der Waals surface area (Å²) in [5.41, 5.74) is 3.90. The predicted octanol–water partition coefficient (Wildman–Crippen LogP) is 7.80. The average Bonchev–Trinajstić information content (AvgIpc) is 3.08.